The lowest BCUT2D eigenvalue weighted by Gasteiger charge is -2.33. The van der Waals surface area contributed by atoms with Crippen molar-refractivity contribution in [3.63, 3.8) is 0 Å². The molecule has 0 aromatic heterocycles. The number of piperidine rings is 1. The average Bonchev–Trinajstić information content (AvgIpc) is 2.42. The van der Waals surface area contributed by atoms with E-state index in [-0.39, 0.29) is 5.91 Å². The monoisotopic (exact) mass is 260 g/mol. The molecule has 0 aliphatic carbocycles. The zero-order valence-corrected chi connectivity index (χ0v) is 12.0. The number of rotatable bonds is 4. The molecule has 1 aliphatic heterocycles. The molecule has 1 unspecified atom stereocenters. The van der Waals surface area contributed by atoms with E-state index in [1.807, 2.05) is 19.1 Å². The van der Waals surface area contributed by atoms with Crippen LogP contribution in [0.15, 0.2) is 24.3 Å². The van der Waals surface area contributed by atoms with Crippen molar-refractivity contribution in [3.05, 3.63) is 29.8 Å². The standard InChI is InChI=1S/C16H24N2O/c1-3-6-13-7-9-14(10-8-13)18-15(19)16(2)11-4-5-12-17-16/h7-10,17H,3-6,11-12H2,1-2H3,(H,18,19). The fourth-order valence-corrected chi connectivity index (χ4v) is 2.56. The third-order valence-electron chi connectivity index (χ3n) is 3.87. The molecule has 19 heavy (non-hydrogen) atoms. The second-order valence-corrected chi connectivity index (χ2v) is 5.62. The first-order valence-corrected chi connectivity index (χ1v) is 7.29. The summed E-state index contributed by atoms with van der Waals surface area (Å²) in [7, 11) is 0. The Kier molecular flexibility index (Phi) is 4.59. The summed E-state index contributed by atoms with van der Waals surface area (Å²) in [4.78, 5) is 12.3. The molecule has 2 N–H and O–H groups in total. The molecule has 1 aromatic carbocycles. The topological polar surface area (TPSA) is 41.1 Å². The van der Waals surface area contributed by atoms with Crippen LogP contribution in [0.1, 0.15) is 45.1 Å². The summed E-state index contributed by atoms with van der Waals surface area (Å²) < 4.78 is 0. The van der Waals surface area contributed by atoms with Gasteiger partial charge in [0.2, 0.25) is 5.91 Å². The van der Waals surface area contributed by atoms with Crippen molar-refractivity contribution in [2.45, 2.75) is 51.5 Å². The van der Waals surface area contributed by atoms with Crippen LogP contribution in [-0.4, -0.2) is 18.0 Å². The SMILES string of the molecule is CCCc1ccc(NC(=O)C2(C)CCCCN2)cc1. The minimum Gasteiger partial charge on any atom is -0.324 e. The lowest BCUT2D eigenvalue weighted by atomic mass is 9.90. The predicted octanol–water partition coefficient (Wildman–Crippen LogP) is 3.11. The zero-order valence-electron chi connectivity index (χ0n) is 12.0. The number of nitrogens with one attached hydrogen (secondary N) is 2. The smallest absolute Gasteiger partial charge is 0.244 e. The summed E-state index contributed by atoms with van der Waals surface area (Å²) in [6.07, 6.45) is 5.43. The molecule has 1 saturated heterocycles. The van der Waals surface area contributed by atoms with E-state index >= 15 is 0 Å². The fraction of sp³-hybridized carbons (Fsp3) is 0.562. The van der Waals surface area contributed by atoms with Gasteiger partial charge in [0.05, 0.1) is 5.54 Å². The van der Waals surface area contributed by atoms with Gasteiger partial charge in [-0.2, -0.15) is 0 Å². The molecule has 1 atom stereocenters. The van der Waals surface area contributed by atoms with Gasteiger partial charge in [0.1, 0.15) is 0 Å². The third kappa shape index (κ3) is 3.57. The Bertz CT molecular complexity index is 419. The van der Waals surface area contributed by atoms with Crippen molar-refractivity contribution in [1.82, 2.24) is 5.32 Å². The van der Waals surface area contributed by atoms with Gasteiger partial charge in [0.15, 0.2) is 0 Å². The summed E-state index contributed by atoms with van der Waals surface area (Å²) in [5, 5.41) is 6.36. The summed E-state index contributed by atoms with van der Waals surface area (Å²) >= 11 is 0. The van der Waals surface area contributed by atoms with Gasteiger partial charge in [0, 0.05) is 5.69 Å². The van der Waals surface area contributed by atoms with Crippen LogP contribution in [0, 0.1) is 0 Å². The van der Waals surface area contributed by atoms with Gasteiger partial charge >= 0.3 is 0 Å². The van der Waals surface area contributed by atoms with E-state index in [9.17, 15) is 4.79 Å². The lowest BCUT2D eigenvalue weighted by molar-refractivity contribution is -0.122. The number of hydrogen-bond acceptors (Lipinski definition) is 2. The summed E-state index contributed by atoms with van der Waals surface area (Å²) in [5.41, 5.74) is 1.79. The number of amides is 1. The van der Waals surface area contributed by atoms with E-state index in [2.05, 4.69) is 29.7 Å². The molecule has 0 bridgehead atoms. The molecule has 0 radical (unpaired) electrons. The highest BCUT2D eigenvalue weighted by atomic mass is 16.2. The van der Waals surface area contributed by atoms with Crippen LogP contribution >= 0.6 is 0 Å². The van der Waals surface area contributed by atoms with Crippen molar-refractivity contribution in [2.75, 3.05) is 11.9 Å². The minimum atomic E-state index is -0.416. The van der Waals surface area contributed by atoms with E-state index in [0.717, 1.165) is 44.3 Å². The molecule has 1 fully saturated rings. The first-order chi connectivity index (χ1) is 9.14. The van der Waals surface area contributed by atoms with Crippen LogP contribution in [0.25, 0.3) is 0 Å². The highest BCUT2D eigenvalue weighted by molar-refractivity contribution is 5.97. The van der Waals surface area contributed by atoms with Crippen LogP contribution in [-0.2, 0) is 11.2 Å². The normalized spacial score (nSPS) is 23.1. The number of aryl methyl sites for hydroxylation is 1. The van der Waals surface area contributed by atoms with Crippen molar-refractivity contribution in [2.24, 2.45) is 0 Å². The van der Waals surface area contributed by atoms with E-state index in [0.29, 0.717) is 0 Å². The molecule has 3 nitrogen and oxygen atoms in total. The molecule has 1 amide bonds. The van der Waals surface area contributed by atoms with Crippen LogP contribution in [0.4, 0.5) is 5.69 Å². The van der Waals surface area contributed by atoms with E-state index in [1.54, 1.807) is 0 Å². The Morgan fingerprint density at radius 1 is 1.32 bits per heavy atom. The number of benzene rings is 1. The Balaban J connectivity index is 1.98. The molecule has 3 heteroatoms. The van der Waals surface area contributed by atoms with Crippen molar-refractivity contribution >= 4 is 11.6 Å². The summed E-state index contributed by atoms with van der Waals surface area (Å²) in [5.74, 6) is 0.0791. The molecule has 104 valence electrons. The Labute approximate surface area is 115 Å². The Morgan fingerprint density at radius 2 is 2.05 bits per heavy atom. The highest BCUT2D eigenvalue weighted by Crippen LogP contribution is 2.21. The Hall–Kier alpha value is -1.35. The fourth-order valence-electron chi connectivity index (χ4n) is 2.56. The molecule has 1 heterocycles. The third-order valence-corrected chi connectivity index (χ3v) is 3.87. The van der Waals surface area contributed by atoms with E-state index in [4.69, 9.17) is 0 Å². The molecule has 0 spiro atoms. The lowest BCUT2D eigenvalue weighted by Crippen LogP contribution is -2.54. The quantitative estimate of drug-likeness (QED) is 0.873. The molecule has 1 aliphatic rings. The van der Waals surface area contributed by atoms with E-state index in [1.165, 1.54) is 5.56 Å². The van der Waals surface area contributed by atoms with E-state index < -0.39 is 5.54 Å². The second-order valence-electron chi connectivity index (χ2n) is 5.62. The first kappa shape index (κ1) is 14.1. The van der Waals surface area contributed by atoms with Gasteiger partial charge < -0.3 is 10.6 Å². The molecular formula is C16H24N2O. The molecule has 0 saturated carbocycles. The largest absolute Gasteiger partial charge is 0.324 e. The van der Waals surface area contributed by atoms with Gasteiger partial charge in [0.25, 0.3) is 0 Å². The van der Waals surface area contributed by atoms with Gasteiger partial charge in [-0.1, -0.05) is 25.5 Å². The minimum absolute atomic E-state index is 0.0791. The van der Waals surface area contributed by atoms with Crippen molar-refractivity contribution in [1.29, 1.82) is 0 Å². The maximum absolute atomic E-state index is 12.3. The van der Waals surface area contributed by atoms with Crippen molar-refractivity contribution in [3.8, 4) is 0 Å². The number of anilines is 1. The number of carbonyl (C=O) groups excluding carboxylic acids is 1. The summed E-state index contributed by atoms with van der Waals surface area (Å²) in [6, 6.07) is 8.18. The predicted molar refractivity (Wildman–Crippen MR) is 79.3 cm³/mol. The van der Waals surface area contributed by atoms with Crippen LogP contribution in [0.3, 0.4) is 0 Å². The average molecular weight is 260 g/mol. The van der Waals surface area contributed by atoms with Gasteiger partial charge in [-0.25, -0.2) is 0 Å². The van der Waals surface area contributed by atoms with Gasteiger partial charge in [-0.15, -0.1) is 0 Å². The number of carbonyl (C=O) groups is 1. The Morgan fingerprint density at radius 3 is 2.63 bits per heavy atom. The molecule has 1 aromatic rings. The summed E-state index contributed by atoms with van der Waals surface area (Å²) in [6.45, 7) is 5.09. The van der Waals surface area contributed by atoms with Gasteiger partial charge in [-0.05, 0) is 56.8 Å². The maximum atomic E-state index is 12.3. The van der Waals surface area contributed by atoms with Gasteiger partial charge in [-0.3, -0.25) is 4.79 Å². The molecular weight excluding hydrogens is 236 g/mol. The van der Waals surface area contributed by atoms with Crippen LogP contribution in [0.5, 0.6) is 0 Å². The second kappa shape index (κ2) is 6.20. The van der Waals surface area contributed by atoms with Crippen LogP contribution in [0.2, 0.25) is 0 Å². The zero-order chi connectivity index (χ0) is 13.7. The molecule has 2 rings (SSSR count). The van der Waals surface area contributed by atoms with Crippen molar-refractivity contribution < 1.29 is 4.79 Å². The van der Waals surface area contributed by atoms with Crippen LogP contribution < -0.4 is 10.6 Å². The number of hydrogen-bond donors (Lipinski definition) is 2. The highest BCUT2D eigenvalue weighted by Gasteiger charge is 2.34. The maximum Gasteiger partial charge on any atom is 0.244 e. The first-order valence-electron chi connectivity index (χ1n) is 7.29.